The highest BCUT2D eigenvalue weighted by molar-refractivity contribution is 9.11. The van der Waals surface area contributed by atoms with Crippen molar-refractivity contribution in [3.8, 4) is 0 Å². The predicted octanol–water partition coefficient (Wildman–Crippen LogP) is 4.95. The monoisotopic (exact) mass is 488 g/mol. The zero-order chi connectivity index (χ0) is 19.2. The Morgan fingerprint density at radius 1 is 1.11 bits per heavy atom. The highest BCUT2D eigenvalue weighted by Gasteiger charge is 2.08. The predicted molar refractivity (Wildman–Crippen MR) is 112 cm³/mol. The van der Waals surface area contributed by atoms with Crippen molar-refractivity contribution in [1.82, 2.24) is 4.98 Å². The summed E-state index contributed by atoms with van der Waals surface area (Å²) in [6, 6.07) is 14.8. The molecule has 27 heavy (non-hydrogen) atoms. The summed E-state index contributed by atoms with van der Waals surface area (Å²) in [4.78, 5) is 28.2. The summed E-state index contributed by atoms with van der Waals surface area (Å²) in [5.41, 5.74) is 2.19. The molecule has 0 bridgehead atoms. The van der Waals surface area contributed by atoms with Crippen LogP contribution in [0.1, 0.15) is 5.56 Å². The van der Waals surface area contributed by atoms with E-state index in [2.05, 4.69) is 42.2 Å². The lowest BCUT2D eigenvalue weighted by Crippen LogP contribution is -2.20. The number of anilines is 1. The van der Waals surface area contributed by atoms with Crippen molar-refractivity contribution in [3.05, 3.63) is 75.3 Å². The molecule has 1 heterocycles. The summed E-state index contributed by atoms with van der Waals surface area (Å²) in [5, 5.41) is 3.65. The highest BCUT2D eigenvalue weighted by atomic mass is 79.9. The molecule has 0 spiro atoms. The van der Waals surface area contributed by atoms with Crippen LogP contribution in [0.2, 0.25) is 0 Å². The number of nitrogens with zero attached hydrogens (tertiary/aromatic N) is 1. The molecule has 2 aromatic carbocycles. The lowest BCUT2D eigenvalue weighted by molar-refractivity contribution is -0.142. The number of rotatable bonds is 5. The first kappa shape index (κ1) is 19.3. The molecule has 0 aliphatic heterocycles. The van der Waals surface area contributed by atoms with E-state index in [1.807, 2.05) is 36.4 Å². The van der Waals surface area contributed by atoms with Gasteiger partial charge in [-0.25, -0.2) is 4.79 Å². The number of amides is 1. The van der Waals surface area contributed by atoms with E-state index >= 15 is 0 Å². The quantitative estimate of drug-likeness (QED) is 0.406. The van der Waals surface area contributed by atoms with Gasteiger partial charge in [-0.2, -0.15) is 0 Å². The van der Waals surface area contributed by atoms with Gasteiger partial charge in [0.2, 0.25) is 0 Å². The molecule has 0 unspecified atom stereocenters. The van der Waals surface area contributed by atoms with Gasteiger partial charge in [0.15, 0.2) is 6.61 Å². The normalized spacial score (nSPS) is 10.9. The maximum Gasteiger partial charge on any atom is 0.331 e. The minimum atomic E-state index is -0.604. The lowest BCUT2D eigenvalue weighted by atomic mass is 10.1. The molecule has 0 saturated heterocycles. The molecule has 1 aromatic heterocycles. The van der Waals surface area contributed by atoms with E-state index in [9.17, 15) is 9.59 Å². The molecule has 136 valence electrons. The Hall–Kier alpha value is -2.51. The molecular weight excluding hydrogens is 476 g/mol. The van der Waals surface area contributed by atoms with Crippen LogP contribution in [0, 0.1) is 0 Å². The Bertz CT molecular complexity index is 1030. The number of halogens is 2. The number of para-hydroxylation sites is 1. The van der Waals surface area contributed by atoms with Crippen molar-refractivity contribution in [2.75, 3.05) is 11.9 Å². The number of benzene rings is 2. The van der Waals surface area contributed by atoms with Crippen molar-refractivity contribution in [1.29, 1.82) is 0 Å². The number of hydrogen-bond acceptors (Lipinski definition) is 4. The number of carbonyl (C=O) groups is 2. The minimum absolute atomic E-state index is 0.376. The van der Waals surface area contributed by atoms with E-state index in [4.69, 9.17) is 4.74 Å². The molecule has 7 heteroatoms. The van der Waals surface area contributed by atoms with Crippen LogP contribution in [0.25, 0.3) is 17.0 Å². The molecule has 3 aromatic rings. The maximum atomic E-state index is 11.9. The Kier molecular flexibility index (Phi) is 6.36. The van der Waals surface area contributed by atoms with Gasteiger partial charge >= 0.3 is 5.97 Å². The minimum Gasteiger partial charge on any atom is -0.452 e. The average Bonchev–Trinajstić information content (AvgIpc) is 2.67. The first-order chi connectivity index (χ1) is 13.0. The molecule has 1 N–H and O–H groups in total. The van der Waals surface area contributed by atoms with Crippen LogP contribution in [0.3, 0.4) is 0 Å². The number of nitrogens with one attached hydrogen (secondary N) is 1. The molecule has 1 amide bonds. The molecule has 0 fully saturated rings. The van der Waals surface area contributed by atoms with Crippen LogP contribution in [-0.2, 0) is 14.3 Å². The third kappa shape index (κ3) is 5.24. The smallest absolute Gasteiger partial charge is 0.331 e. The second-order valence-corrected chi connectivity index (χ2v) is 7.31. The van der Waals surface area contributed by atoms with Gasteiger partial charge in [-0.3, -0.25) is 9.78 Å². The van der Waals surface area contributed by atoms with Gasteiger partial charge in [0.05, 0.1) is 11.2 Å². The van der Waals surface area contributed by atoms with Crippen LogP contribution in [-0.4, -0.2) is 23.5 Å². The molecule has 3 rings (SSSR count). The van der Waals surface area contributed by atoms with Crippen molar-refractivity contribution in [2.45, 2.75) is 0 Å². The Morgan fingerprint density at radius 3 is 2.74 bits per heavy atom. The summed E-state index contributed by atoms with van der Waals surface area (Å²) in [5.74, 6) is -1.03. The van der Waals surface area contributed by atoms with Crippen molar-refractivity contribution in [2.24, 2.45) is 0 Å². The largest absolute Gasteiger partial charge is 0.452 e. The van der Waals surface area contributed by atoms with E-state index in [0.29, 0.717) is 5.69 Å². The lowest BCUT2D eigenvalue weighted by Gasteiger charge is -2.07. The van der Waals surface area contributed by atoms with Crippen molar-refractivity contribution in [3.63, 3.8) is 0 Å². The first-order valence-electron chi connectivity index (χ1n) is 7.96. The maximum absolute atomic E-state index is 11.9. The first-order valence-corrected chi connectivity index (χ1v) is 9.55. The summed E-state index contributed by atoms with van der Waals surface area (Å²) in [7, 11) is 0. The summed E-state index contributed by atoms with van der Waals surface area (Å²) in [6.45, 7) is -0.376. The topological polar surface area (TPSA) is 68.3 Å². The van der Waals surface area contributed by atoms with Crippen molar-refractivity contribution >= 4 is 66.4 Å². The van der Waals surface area contributed by atoms with Gasteiger partial charge in [0.1, 0.15) is 0 Å². The molecule has 0 radical (unpaired) electrons. The van der Waals surface area contributed by atoms with Gasteiger partial charge < -0.3 is 10.1 Å². The number of hydrogen-bond donors (Lipinski definition) is 1. The highest BCUT2D eigenvalue weighted by Crippen LogP contribution is 2.26. The van der Waals surface area contributed by atoms with E-state index < -0.39 is 11.9 Å². The molecule has 0 aliphatic rings. The fourth-order valence-corrected chi connectivity index (χ4v) is 3.53. The number of pyridine rings is 1. The van der Waals surface area contributed by atoms with Gasteiger partial charge in [0.25, 0.3) is 5.91 Å². The van der Waals surface area contributed by atoms with Crippen LogP contribution >= 0.6 is 31.9 Å². The van der Waals surface area contributed by atoms with E-state index in [-0.39, 0.29) is 6.61 Å². The Morgan fingerprint density at radius 2 is 1.93 bits per heavy atom. The van der Waals surface area contributed by atoms with Crippen LogP contribution < -0.4 is 5.32 Å². The molecule has 0 saturated carbocycles. The van der Waals surface area contributed by atoms with Crippen molar-refractivity contribution < 1.29 is 14.3 Å². The van der Waals surface area contributed by atoms with Gasteiger partial charge in [-0.05, 0) is 46.3 Å². The second-order valence-electron chi connectivity index (χ2n) is 5.54. The van der Waals surface area contributed by atoms with Crippen LogP contribution in [0.5, 0.6) is 0 Å². The summed E-state index contributed by atoms with van der Waals surface area (Å²) >= 11 is 6.70. The SMILES string of the molecule is O=C(COC(=O)/C=C/c1cccc2cccnc12)Nc1ccc(Br)cc1Br. The van der Waals surface area contributed by atoms with E-state index in [1.54, 1.807) is 24.4 Å². The van der Waals surface area contributed by atoms with Gasteiger partial charge in [-0.1, -0.05) is 40.2 Å². The summed E-state index contributed by atoms with van der Waals surface area (Å²) in [6.07, 6.45) is 4.61. The van der Waals surface area contributed by atoms with E-state index in [1.165, 1.54) is 6.08 Å². The fourth-order valence-electron chi connectivity index (χ4n) is 2.38. The zero-order valence-electron chi connectivity index (χ0n) is 14.0. The van der Waals surface area contributed by atoms with Crippen LogP contribution in [0.4, 0.5) is 5.69 Å². The molecule has 5 nitrogen and oxygen atoms in total. The number of carbonyl (C=O) groups excluding carboxylic acids is 2. The number of ether oxygens (including phenoxy) is 1. The van der Waals surface area contributed by atoms with Gasteiger partial charge in [0, 0.05) is 32.2 Å². The van der Waals surface area contributed by atoms with Crippen LogP contribution in [0.15, 0.2) is 69.7 Å². The molecular formula is C20H14Br2N2O3. The van der Waals surface area contributed by atoms with E-state index in [0.717, 1.165) is 25.4 Å². The molecule has 0 aliphatic carbocycles. The molecule has 0 atom stereocenters. The summed E-state index contributed by atoms with van der Waals surface area (Å²) < 4.78 is 6.59. The average molecular weight is 490 g/mol. The Balaban J connectivity index is 1.57. The number of esters is 1. The van der Waals surface area contributed by atoms with Gasteiger partial charge in [-0.15, -0.1) is 0 Å². The second kappa shape index (κ2) is 8.92. The third-order valence-corrected chi connectivity index (χ3v) is 4.76. The third-order valence-electron chi connectivity index (χ3n) is 3.61. The Labute approximate surface area is 172 Å². The fraction of sp³-hybridized carbons (Fsp3) is 0.0500. The standard InChI is InChI=1S/C20H14Br2N2O3/c21-15-7-8-17(16(22)11-15)24-18(25)12-27-19(26)9-6-14-4-1-3-13-5-2-10-23-20(13)14/h1-11H,12H2,(H,24,25)/b9-6+. The zero-order valence-corrected chi connectivity index (χ0v) is 17.2. The number of aromatic nitrogens is 1. The number of fused-ring (bicyclic) bond motifs is 1.